The average Bonchev–Trinajstić information content (AvgIpc) is 3.20. The Kier molecular flexibility index (Phi) is 5.67. The largest absolute Gasteiger partial charge is 0.359 e. The van der Waals surface area contributed by atoms with Gasteiger partial charge in [0.05, 0.1) is 5.39 Å². The SMILES string of the molecule is CN(CCC(=O)Nc1ccc(F)c(F)c1)c1ncnc2sc(-c3ccccc3)cc12. The van der Waals surface area contributed by atoms with Crippen molar-refractivity contribution in [1.29, 1.82) is 0 Å². The van der Waals surface area contributed by atoms with Crippen LogP contribution >= 0.6 is 11.3 Å². The summed E-state index contributed by atoms with van der Waals surface area (Å²) in [6, 6.07) is 15.4. The fourth-order valence-electron chi connectivity index (χ4n) is 3.06. The van der Waals surface area contributed by atoms with E-state index in [4.69, 9.17) is 0 Å². The van der Waals surface area contributed by atoms with Crippen LogP contribution in [-0.4, -0.2) is 29.5 Å². The van der Waals surface area contributed by atoms with Crippen molar-refractivity contribution in [3.8, 4) is 10.4 Å². The molecule has 2 aromatic heterocycles. The third-order valence-electron chi connectivity index (χ3n) is 4.61. The zero-order chi connectivity index (χ0) is 21.1. The lowest BCUT2D eigenvalue weighted by atomic mass is 10.2. The lowest BCUT2D eigenvalue weighted by molar-refractivity contribution is -0.116. The van der Waals surface area contributed by atoms with Crippen molar-refractivity contribution >= 4 is 39.0 Å². The lowest BCUT2D eigenvalue weighted by Crippen LogP contribution is -2.24. The summed E-state index contributed by atoms with van der Waals surface area (Å²) in [7, 11) is 1.85. The van der Waals surface area contributed by atoms with E-state index in [0.717, 1.165) is 38.6 Å². The van der Waals surface area contributed by atoms with Gasteiger partial charge in [-0.2, -0.15) is 0 Å². The predicted molar refractivity (Wildman–Crippen MR) is 116 cm³/mol. The summed E-state index contributed by atoms with van der Waals surface area (Å²) in [6.45, 7) is 0.401. The first-order valence-corrected chi connectivity index (χ1v) is 10.1. The minimum absolute atomic E-state index is 0.163. The maximum atomic E-state index is 13.3. The standard InChI is InChI=1S/C22H18F2N4OS/c1-28(10-9-20(29)27-15-7-8-17(23)18(24)11-15)21-16-12-19(14-5-3-2-4-6-14)30-22(16)26-13-25-21/h2-8,11-13H,9-10H2,1H3,(H,27,29). The van der Waals surface area contributed by atoms with E-state index in [-0.39, 0.29) is 18.0 Å². The summed E-state index contributed by atoms with van der Waals surface area (Å²) >= 11 is 1.59. The molecule has 0 fully saturated rings. The molecule has 0 radical (unpaired) electrons. The van der Waals surface area contributed by atoms with Crippen molar-refractivity contribution in [3.05, 3.63) is 72.6 Å². The third kappa shape index (κ3) is 4.28. The average molecular weight is 424 g/mol. The molecule has 30 heavy (non-hydrogen) atoms. The number of carbonyl (C=O) groups is 1. The molecule has 4 aromatic rings. The molecule has 0 aliphatic heterocycles. The molecule has 5 nitrogen and oxygen atoms in total. The number of rotatable bonds is 6. The van der Waals surface area contributed by atoms with Gasteiger partial charge in [0.25, 0.3) is 0 Å². The fraction of sp³-hybridized carbons (Fsp3) is 0.136. The first-order valence-electron chi connectivity index (χ1n) is 9.27. The second-order valence-electron chi connectivity index (χ2n) is 6.74. The number of benzene rings is 2. The summed E-state index contributed by atoms with van der Waals surface area (Å²) in [5, 5.41) is 3.50. The molecule has 0 atom stereocenters. The van der Waals surface area contributed by atoms with Gasteiger partial charge in [0.2, 0.25) is 5.91 Å². The summed E-state index contributed by atoms with van der Waals surface area (Å²) in [5.74, 6) is -1.52. The Bertz CT molecular complexity index is 1200. The fourth-order valence-corrected chi connectivity index (χ4v) is 4.06. The highest BCUT2D eigenvalue weighted by atomic mass is 32.1. The maximum Gasteiger partial charge on any atom is 0.226 e. The number of hydrogen-bond acceptors (Lipinski definition) is 5. The Balaban J connectivity index is 1.46. The Morgan fingerprint density at radius 3 is 2.63 bits per heavy atom. The molecule has 0 unspecified atom stereocenters. The molecule has 0 bridgehead atoms. The minimum Gasteiger partial charge on any atom is -0.359 e. The van der Waals surface area contributed by atoms with Crippen LogP contribution in [0.3, 0.4) is 0 Å². The van der Waals surface area contributed by atoms with E-state index < -0.39 is 11.6 Å². The Morgan fingerprint density at radius 2 is 1.87 bits per heavy atom. The number of aromatic nitrogens is 2. The van der Waals surface area contributed by atoms with E-state index in [9.17, 15) is 13.6 Å². The van der Waals surface area contributed by atoms with Gasteiger partial charge in [0.15, 0.2) is 11.6 Å². The summed E-state index contributed by atoms with van der Waals surface area (Å²) in [4.78, 5) is 24.8. The van der Waals surface area contributed by atoms with Crippen molar-refractivity contribution < 1.29 is 13.6 Å². The van der Waals surface area contributed by atoms with E-state index in [0.29, 0.717) is 6.54 Å². The quantitative estimate of drug-likeness (QED) is 0.468. The van der Waals surface area contributed by atoms with E-state index in [1.54, 1.807) is 11.3 Å². The van der Waals surface area contributed by atoms with Gasteiger partial charge in [0, 0.05) is 36.6 Å². The van der Waals surface area contributed by atoms with Gasteiger partial charge in [-0.1, -0.05) is 30.3 Å². The van der Waals surface area contributed by atoms with Crippen LogP contribution in [-0.2, 0) is 4.79 Å². The van der Waals surface area contributed by atoms with Crippen molar-refractivity contribution in [2.24, 2.45) is 0 Å². The minimum atomic E-state index is -1.00. The molecule has 4 rings (SSSR count). The van der Waals surface area contributed by atoms with Gasteiger partial charge in [-0.15, -0.1) is 11.3 Å². The molecule has 152 valence electrons. The van der Waals surface area contributed by atoms with Crippen LogP contribution < -0.4 is 10.2 Å². The van der Waals surface area contributed by atoms with Crippen LogP contribution in [0.1, 0.15) is 6.42 Å². The van der Waals surface area contributed by atoms with Gasteiger partial charge in [0.1, 0.15) is 17.0 Å². The van der Waals surface area contributed by atoms with Gasteiger partial charge in [-0.25, -0.2) is 18.7 Å². The zero-order valence-electron chi connectivity index (χ0n) is 16.1. The van der Waals surface area contributed by atoms with Crippen LogP contribution in [0.15, 0.2) is 60.9 Å². The smallest absolute Gasteiger partial charge is 0.226 e. The Hall–Kier alpha value is -3.39. The second kappa shape index (κ2) is 8.54. The van der Waals surface area contributed by atoms with Gasteiger partial charge in [-0.3, -0.25) is 4.79 Å². The van der Waals surface area contributed by atoms with E-state index in [2.05, 4.69) is 21.4 Å². The number of halogens is 2. The Morgan fingerprint density at radius 1 is 1.07 bits per heavy atom. The van der Waals surface area contributed by atoms with Crippen molar-refractivity contribution in [1.82, 2.24) is 9.97 Å². The summed E-state index contributed by atoms with van der Waals surface area (Å²) in [6.07, 6.45) is 1.68. The van der Waals surface area contributed by atoms with Crippen LogP contribution in [0.25, 0.3) is 20.7 Å². The predicted octanol–water partition coefficient (Wildman–Crippen LogP) is 5.10. The van der Waals surface area contributed by atoms with Gasteiger partial charge >= 0.3 is 0 Å². The van der Waals surface area contributed by atoms with E-state index in [1.807, 2.05) is 42.3 Å². The molecular formula is C22H18F2N4OS. The second-order valence-corrected chi connectivity index (χ2v) is 7.77. The molecule has 1 amide bonds. The number of amides is 1. The van der Waals surface area contributed by atoms with Crippen LogP contribution in [0.2, 0.25) is 0 Å². The third-order valence-corrected chi connectivity index (χ3v) is 5.70. The first kappa shape index (κ1) is 19.9. The van der Waals surface area contributed by atoms with Gasteiger partial charge < -0.3 is 10.2 Å². The van der Waals surface area contributed by atoms with Gasteiger partial charge in [-0.05, 0) is 23.8 Å². The molecule has 0 spiro atoms. The first-order chi connectivity index (χ1) is 14.5. The number of hydrogen-bond donors (Lipinski definition) is 1. The molecule has 0 saturated carbocycles. The molecule has 0 aliphatic rings. The monoisotopic (exact) mass is 424 g/mol. The molecule has 0 aliphatic carbocycles. The van der Waals surface area contributed by atoms with Crippen molar-refractivity contribution in [3.63, 3.8) is 0 Å². The number of nitrogens with zero attached hydrogens (tertiary/aromatic N) is 3. The topological polar surface area (TPSA) is 58.1 Å². The normalized spacial score (nSPS) is 10.9. The summed E-state index contributed by atoms with van der Waals surface area (Å²) < 4.78 is 26.3. The summed E-state index contributed by atoms with van der Waals surface area (Å²) in [5.41, 5.74) is 1.33. The van der Waals surface area contributed by atoms with Crippen LogP contribution in [0.4, 0.5) is 20.3 Å². The molecular weight excluding hydrogens is 406 g/mol. The molecule has 1 N–H and O–H groups in total. The van der Waals surface area contributed by atoms with Crippen LogP contribution in [0, 0.1) is 11.6 Å². The molecule has 0 saturated heterocycles. The number of nitrogens with one attached hydrogen (secondary N) is 1. The number of fused-ring (bicyclic) bond motifs is 1. The Labute approximate surface area is 176 Å². The van der Waals surface area contributed by atoms with Crippen molar-refractivity contribution in [2.45, 2.75) is 6.42 Å². The number of anilines is 2. The number of thiophene rings is 1. The molecule has 8 heteroatoms. The maximum absolute atomic E-state index is 13.3. The molecule has 2 aromatic carbocycles. The highest BCUT2D eigenvalue weighted by Gasteiger charge is 2.14. The highest BCUT2D eigenvalue weighted by Crippen LogP contribution is 2.35. The van der Waals surface area contributed by atoms with E-state index >= 15 is 0 Å². The molecule has 2 heterocycles. The zero-order valence-corrected chi connectivity index (χ0v) is 16.9. The van der Waals surface area contributed by atoms with Crippen LogP contribution in [0.5, 0.6) is 0 Å². The number of carbonyl (C=O) groups excluding carboxylic acids is 1. The van der Waals surface area contributed by atoms with E-state index in [1.165, 1.54) is 12.4 Å². The highest BCUT2D eigenvalue weighted by molar-refractivity contribution is 7.21. The van der Waals surface area contributed by atoms with Crippen molar-refractivity contribution in [2.75, 3.05) is 23.8 Å². The lowest BCUT2D eigenvalue weighted by Gasteiger charge is -2.18.